The van der Waals surface area contributed by atoms with Crippen molar-refractivity contribution in [2.45, 2.75) is 25.3 Å². The molecular formula is C13H13BrClNO5. The van der Waals surface area contributed by atoms with E-state index in [9.17, 15) is 14.4 Å². The third-order valence-electron chi connectivity index (χ3n) is 2.68. The van der Waals surface area contributed by atoms with Gasteiger partial charge in [-0.2, -0.15) is 0 Å². The van der Waals surface area contributed by atoms with Gasteiger partial charge in [0.25, 0.3) is 5.91 Å². The summed E-state index contributed by atoms with van der Waals surface area (Å²) in [7, 11) is 0. The Bertz CT molecular complexity index is 563. The second-order valence-electron chi connectivity index (χ2n) is 4.25. The second-order valence-corrected chi connectivity index (χ2v) is 5.48. The Morgan fingerprint density at radius 3 is 2.52 bits per heavy atom. The number of hydrogen-bond donors (Lipinski definition) is 3. The molecule has 0 unspecified atom stereocenters. The monoisotopic (exact) mass is 377 g/mol. The van der Waals surface area contributed by atoms with Crippen molar-refractivity contribution in [3.8, 4) is 0 Å². The summed E-state index contributed by atoms with van der Waals surface area (Å²) in [5.74, 6) is -2.86. The van der Waals surface area contributed by atoms with Crippen LogP contribution in [-0.2, 0) is 9.59 Å². The maximum absolute atomic E-state index is 12.0. The molecule has 0 spiro atoms. The first-order valence-electron chi connectivity index (χ1n) is 6.02. The third kappa shape index (κ3) is 5.35. The lowest BCUT2D eigenvalue weighted by Crippen LogP contribution is -2.40. The van der Waals surface area contributed by atoms with Crippen LogP contribution in [0.25, 0.3) is 0 Å². The number of carbonyl (C=O) groups is 3. The van der Waals surface area contributed by atoms with Crippen LogP contribution >= 0.6 is 27.5 Å². The molecule has 0 fully saturated rings. The summed E-state index contributed by atoms with van der Waals surface area (Å²) in [4.78, 5) is 33.5. The van der Waals surface area contributed by atoms with Gasteiger partial charge in [0.15, 0.2) is 0 Å². The minimum absolute atomic E-state index is 0.0268. The molecule has 0 aromatic heterocycles. The Labute approximate surface area is 134 Å². The molecule has 1 atom stereocenters. The number of carboxylic acid groups (broad SMARTS) is 2. The lowest BCUT2D eigenvalue weighted by atomic mass is 10.1. The van der Waals surface area contributed by atoms with E-state index in [1.54, 1.807) is 12.1 Å². The van der Waals surface area contributed by atoms with Crippen LogP contribution in [0.1, 0.15) is 29.6 Å². The van der Waals surface area contributed by atoms with Crippen LogP contribution in [0.15, 0.2) is 22.7 Å². The predicted molar refractivity (Wildman–Crippen MR) is 79.5 cm³/mol. The number of aliphatic carboxylic acids is 2. The Morgan fingerprint density at radius 2 is 1.95 bits per heavy atom. The Morgan fingerprint density at radius 1 is 1.29 bits per heavy atom. The molecule has 6 nitrogen and oxygen atoms in total. The Balaban J connectivity index is 2.74. The number of carbonyl (C=O) groups excluding carboxylic acids is 1. The first-order valence-corrected chi connectivity index (χ1v) is 7.19. The fourth-order valence-corrected chi connectivity index (χ4v) is 2.21. The average molecular weight is 379 g/mol. The third-order valence-corrected chi connectivity index (χ3v) is 3.98. The number of amides is 1. The van der Waals surface area contributed by atoms with Crippen LogP contribution in [0.4, 0.5) is 0 Å². The SMILES string of the molecule is O=C(O)CCC[C@@H](NC(=O)c1cccc(Br)c1Cl)C(=O)O. The molecule has 0 heterocycles. The van der Waals surface area contributed by atoms with Gasteiger partial charge >= 0.3 is 11.9 Å². The van der Waals surface area contributed by atoms with Gasteiger partial charge in [0.1, 0.15) is 6.04 Å². The summed E-state index contributed by atoms with van der Waals surface area (Å²) < 4.78 is 0.523. The van der Waals surface area contributed by atoms with Crippen molar-refractivity contribution in [3.05, 3.63) is 33.3 Å². The van der Waals surface area contributed by atoms with Gasteiger partial charge in [-0.05, 0) is 40.9 Å². The van der Waals surface area contributed by atoms with E-state index in [-0.39, 0.29) is 29.8 Å². The van der Waals surface area contributed by atoms with E-state index in [1.807, 2.05) is 0 Å². The van der Waals surface area contributed by atoms with Gasteiger partial charge in [-0.1, -0.05) is 17.7 Å². The number of benzene rings is 1. The standard InChI is InChI=1S/C13H13BrClNO5/c14-8-4-1-3-7(11(8)15)12(19)16-9(13(20)21)5-2-6-10(17)18/h1,3-4,9H,2,5-6H2,(H,16,19)(H,17,18)(H,20,21)/t9-/m1/s1. The van der Waals surface area contributed by atoms with Crippen molar-refractivity contribution in [1.82, 2.24) is 5.32 Å². The molecule has 0 aliphatic carbocycles. The zero-order chi connectivity index (χ0) is 16.0. The minimum atomic E-state index is -1.22. The van der Waals surface area contributed by atoms with E-state index in [0.29, 0.717) is 4.47 Å². The highest BCUT2D eigenvalue weighted by atomic mass is 79.9. The fraction of sp³-hybridized carbons (Fsp3) is 0.308. The molecule has 1 aromatic rings. The van der Waals surface area contributed by atoms with Crippen LogP contribution in [0.3, 0.4) is 0 Å². The maximum Gasteiger partial charge on any atom is 0.326 e. The van der Waals surface area contributed by atoms with E-state index >= 15 is 0 Å². The lowest BCUT2D eigenvalue weighted by Gasteiger charge is -2.15. The molecule has 0 aliphatic rings. The lowest BCUT2D eigenvalue weighted by molar-refractivity contribution is -0.140. The molecule has 1 amide bonds. The van der Waals surface area contributed by atoms with E-state index in [0.717, 1.165) is 0 Å². The van der Waals surface area contributed by atoms with Crippen molar-refractivity contribution in [2.24, 2.45) is 0 Å². The topological polar surface area (TPSA) is 104 Å². The molecule has 1 rings (SSSR count). The normalized spacial score (nSPS) is 11.7. The highest BCUT2D eigenvalue weighted by Gasteiger charge is 2.22. The highest BCUT2D eigenvalue weighted by Crippen LogP contribution is 2.26. The molecule has 3 N–H and O–H groups in total. The smallest absolute Gasteiger partial charge is 0.326 e. The quantitative estimate of drug-likeness (QED) is 0.676. The van der Waals surface area contributed by atoms with Crippen molar-refractivity contribution in [3.63, 3.8) is 0 Å². The van der Waals surface area contributed by atoms with Gasteiger partial charge in [-0.25, -0.2) is 4.79 Å². The van der Waals surface area contributed by atoms with Crippen molar-refractivity contribution in [1.29, 1.82) is 0 Å². The maximum atomic E-state index is 12.0. The fourth-order valence-electron chi connectivity index (χ4n) is 1.63. The summed E-state index contributed by atoms with van der Waals surface area (Å²) in [6.07, 6.45) is 0.0229. The van der Waals surface area contributed by atoms with Crippen molar-refractivity contribution in [2.75, 3.05) is 0 Å². The first-order chi connectivity index (χ1) is 9.82. The second kappa shape index (κ2) is 7.99. The Kier molecular flexibility index (Phi) is 6.64. The molecule has 1 aromatic carbocycles. The highest BCUT2D eigenvalue weighted by molar-refractivity contribution is 9.10. The van der Waals surface area contributed by atoms with Gasteiger partial charge in [-0.3, -0.25) is 9.59 Å². The zero-order valence-corrected chi connectivity index (χ0v) is 13.1. The molecule has 21 heavy (non-hydrogen) atoms. The molecule has 0 saturated carbocycles. The molecule has 8 heteroatoms. The summed E-state index contributed by atoms with van der Waals surface area (Å²) in [6, 6.07) is 3.57. The number of nitrogens with one attached hydrogen (secondary N) is 1. The van der Waals surface area contributed by atoms with Crippen molar-refractivity contribution >= 4 is 45.4 Å². The molecule has 0 saturated heterocycles. The average Bonchev–Trinajstić information content (AvgIpc) is 2.40. The van der Waals surface area contributed by atoms with Crippen LogP contribution in [-0.4, -0.2) is 34.1 Å². The minimum Gasteiger partial charge on any atom is -0.481 e. The van der Waals surface area contributed by atoms with Crippen LogP contribution < -0.4 is 5.32 Å². The van der Waals surface area contributed by atoms with Gasteiger partial charge in [-0.15, -0.1) is 0 Å². The van der Waals surface area contributed by atoms with E-state index in [1.165, 1.54) is 6.07 Å². The molecular weight excluding hydrogens is 366 g/mol. The van der Waals surface area contributed by atoms with Gasteiger partial charge in [0, 0.05) is 10.9 Å². The van der Waals surface area contributed by atoms with Gasteiger partial charge in [0.2, 0.25) is 0 Å². The summed E-state index contributed by atoms with van der Waals surface area (Å²) >= 11 is 9.14. The first kappa shape index (κ1) is 17.5. The zero-order valence-electron chi connectivity index (χ0n) is 10.8. The molecule has 114 valence electrons. The summed E-state index contributed by atoms with van der Waals surface area (Å²) in [5.41, 5.74) is 0.149. The summed E-state index contributed by atoms with van der Waals surface area (Å²) in [5, 5.41) is 20.1. The predicted octanol–water partition coefficient (Wildman–Crippen LogP) is 2.54. The van der Waals surface area contributed by atoms with E-state index in [4.69, 9.17) is 21.8 Å². The van der Waals surface area contributed by atoms with Crippen LogP contribution in [0, 0.1) is 0 Å². The van der Waals surface area contributed by atoms with Crippen LogP contribution in [0.2, 0.25) is 5.02 Å². The molecule has 0 bridgehead atoms. The van der Waals surface area contributed by atoms with E-state index in [2.05, 4.69) is 21.2 Å². The number of halogens is 2. The largest absolute Gasteiger partial charge is 0.481 e. The van der Waals surface area contributed by atoms with Gasteiger partial charge in [0.05, 0.1) is 10.6 Å². The summed E-state index contributed by atoms with van der Waals surface area (Å²) in [6.45, 7) is 0. The number of hydrogen-bond acceptors (Lipinski definition) is 3. The molecule has 0 aliphatic heterocycles. The number of rotatable bonds is 7. The van der Waals surface area contributed by atoms with E-state index < -0.39 is 23.9 Å². The number of carboxylic acids is 2. The molecule has 0 radical (unpaired) electrons. The van der Waals surface area contributed by atoms with Gasteiger partial charge < -0.3 is 15.5 Å². The van der Waals surface area contributed by atoms with Crippen molar-refractivity contribution < 1.29 is 24.6 Å². The van der Waals surface area contributed by atoms with Crippen LogP contribution in [0.5, 0.6) is 0 Å². The Hall–Kier alpha value is -1.60.